The quantitative estimate of drug-likeness (QED) is 0.884. The molecule has 3 nitrogen and oxygen atoms in total. The summed E-state index contributed by atoms with van der Waals surface area (Å²) in [6.45, 7) is 6.49. The van der Waals surface area contributed by atoms with Crippen LogP contribution in [0.1, 0.15) is 44.4 Å². The van der Waals surface area contributed by atoms with E-state index in [1.165, 1.54) is 5.56 Å². The maximum Gasteiger partial charge on any atom is 0.230 e. The van der Waals surface area contributed by atoms with Crippen LogP contribution in [0.25, 0.3) is 11.1 Å². The number of hydrogen-bond donors (Lipinski definition) is 1. The second kappa shape index (κ2) is 5.25. The Balaban J connectivity index is 2.38. The molecular formula is C15H20N2O. The molecule has 0 spiro atoms. The molecule has 96 valence electrons. The highest BCUT2D eigenvalue weighted by molar-refractivity contribution is 5.75. The van der Waals surface area contributed by atoms with E-state index in [4.69, 9.17) is 10.3 Å². The van der Waals surface area contributed by atoms with Crippen LogP contribution in [-0.2, 0) is 6.42 Å². The van der Waals surface area contributed by atoms with E-state index in [1.807, 2.05) is 0 Å². The molecule has 0 fully saturated rings. The average molecular weight is 244 g/mol. The number of benzene rings is 1. The maximum absolute atomic E-state index is 5.87. The zero-order chi connectivity index (χ0) is 13.1. The Morgan fingerprint density at radius 3 is 2.44 bits per heavy atom. The van der Waals surface area contributed by atoms with Crippen LogP contribution in [0.15, 0.2) is 28.8 Å². The van der Waals surface area contributed by atoms with Gasteiger partial charge in [0.15, 0.2) is 0 Å². The summed E-state index contributed by atoms with van der Waals surface area (Å²) in [6.07, 6.45) is 1.92. The Kier molecular flexibility index (Phi) is 3.70. The molecule has 2 N–H and O–H groups in total. The van der Waals surface area contributed by atoms with Gasteiger partial charge in [0.1, 0.15) is 0 Å². The third kappa shape index (κ3) is 2.40. The third-order valence-corrected chi connectivity index (χ3v) is 3.14. The van der Waals surface area contributed by atoms with E-state index in [0.717, 1.165) is 29.7 Å². The molecule has 18 heavy (non-hydrogen) atoms. The molecule has 0 aliphatic rings. The van der Waals surface area contributed by atoms with E-state index in [0.29, 0.717) is 11.8 Å². The SMILES string of the molecule is CCCc1noc(N)c1-c1ccc(C(C)C)cc1. The summed E-state index contributed by atoms with van der Waals surface area (Å²) in [5.74, 6) is 0.949. The van der Waals surface area contributed by atoms with Gasteiger partial charge < -0.3 is 10.3 Å². The van der Waals surface area contributed by atoms with Crippen LogP contribution in [0.4, 0.5) is 5.88 Å². The normalized spacial score (nSPS) is 11.1. The van der Waals surface area contributed by atoms with Crippen LogP contribution in [-0.4, -0.2) is 5.16 Å². The van der Waals surface area contributed by atoms with Crippen LogP contribution < -0.4 is 5.73 Å². The van der Waals surface area contributed by atoms with Crippen molar-refractivity contribution < 1.29 is 4.52 Å². The molecule has 0 saturated carbocycles. The van der Waals surface area contributed by atoms with Gasteiger partial charge in [-0.05, 0) is 23.5 Å². The Bertz CT molecular complexity index is 512. The van der Waals surface area contributed by atoms with Gasteiger partial charge >= 0.3 is 0 Å². The minimum Gasteiger partial charge on any atom is -0.367 e. The lowest BCUT2D eigenvalue weighted by atomic mass is 9.98. The topological polar surface area (TPSA) is 52.0 Å². The lowest BCUT2D eigenvalue weighted by Crippen LogP contribution is -1.92. The summed E-state index contributed by atoms with van der Waals surface area (Å²) in [5.41, 5.74) is 10.2. The van der Waals surface area contributed by atoms with Gasteiger partial charge in [0.05, 0.1) is 11.3 Å². The van der Waals surface area contributed by atoms with E-state index in [1.54, 1.807) is 0 Å². The van der Waals surface area contributed by atoms with E-state index in [2.05, 4.69) is 50.2 Å². The van der Waals surface area contributed by atoms with Gasteiger partial charge in [-0.15, -0.1) is 0 Å². The van der Waals surface area contributed by atoms with Gasteiger partial charge in [0.25, 0.3) is 0 Å². The summed E-state index contributed by atoms with van der Waals surface area (Å²) in [7, 11) is 0. The van der Waals surface area contributed by atoms with Crippen molar-refractivity contribution in [1.82, 2.24) is 5.16 Å². The van der Waals surface area contributed by atoms with E-state index in [9.17, 15) is 0 Å². The van der Waals surface area contributed by atoms with Crippen molar-refractivity contribution in [3.63, 3.8) is 0 Å². The molecule has 2 aromatic rings. The number of rotatable bonds is 4. The molecule has 3 heteroatoms. The summed E-state index contributed by atoms with van der Waals surface area (Å²) in [6, 6.07) is 8.47. The zero-order valence-electron chi connectivity index (χ0n) is 11.2. The minimum absolute atomic E-state index is 0.413. The van der Waals surface area contributed by atoms with Crippen molar-refractivity contribution in [2.45, 2.75) is 39.5 Å². The van der Waals surface area contributed by atoms with Gasteiger partial charge in [0.2, 0.25) is 5.88 Å². The molecule has 0 amide bonds. The average Bonchev–Trinajstić information content (AvgIpc) is 2.71. The molecule has 0 atom stereocenters. The second-order valence-electron chi connectivity index (χ2n) is 4.90. The molecule has 0 unspecified atom stereocenters. The van der Waals surface area contributed by atoms with Crippen LogP contribution in [0.5, 0.6) is 0 Å². The first-order valence-corrected chi connectivity index (χ1v) is 6.47. The summed E-state index contributed by atoms with van der Waals surface area (Å²) >= 11 is 0. The molecule has 1 heterocycles. The zero-order valence-corrected chi connectivity index (χ0v) is 11.2. The smallest absolute Gasteiger partial charge is 0.230 e. The van der Waals surface area contributed by atoms with Gasteiger partial charge in [-0.3, -0.25) is 0 Å². The number of aryl methyl sites for hydroxylation is 1. The Hall–Kier alpha value is -1.77. The van der Waals surface area contributed by atoms with Crippen molar-refractivity contribution in [3.05, 3.63) is 35.5 Å². The van der Waals surface area contributed by atoms with Crippen LogP contribution in [0.3, 0.4) is 0 Å². The van der Waals surface area contributed by atoms with Gasteiger partial charge in [0, 0.05) is 0 Å². The first-order chi connectivity index (χ1) is 8.63. The number of hydrogen-bond acceptors (Lipinski definition) is 3. The first kappa shape index (κ1) is 12.7. The fraction of sp³-hybridized carbons (Fsp3) is 0.400. The number of nitrogens with zero attached hydrogens (tertiary/aromatic N) is 1. The van der Waals surface area contributed by atoms with Crippen molar-refractivity contribution in [2.75, 3.05) is 5.73 Å². The van der Waals surface area contributed by atoms with Gasteiger partial charge in [-0.1, -0.05) is 56.6 Å². The molecule has 0 radical (unpaired) electrons. The predicted octanol–water partition coefficient (Wildman–Crippen LogP) is 4.00. The number of anilines is 1. The summed E-state index contributed by atoms with van der Waals surface area (Å²) in [4.78, 5) is 0. The Morgan fingerprint density at radius 1 is 1.22 bits per heavy atom. The van der Waals surface area contributed by atoms with Crippen molar-refractivity contribution >= 4 is 5.88 Å². The minimum atomic E-state index is 0.413. The van der Waals surface area contributed by atoms with Gasteiger partial charge in [-0.25, -0.2) is 0 Å². The van der Waals surface area contributed by atoms with E-state index in [-0.39, 0.29) is 0 Å². The van der Waals surface area contributed by atoms with Crippen LogP contribution in [0.2, 0.25) is 0 Å². The molecule has 0 saturated heterocycles. The number of nitrogens with two attached hydrogens (primary N) is 1. The maximum atomic E-state index is 5.87. The fourth-order valence-corrected chi connectivity index (χ4v) is 2.09. The Labute approximate surface area is 108 Å². The van der Waals surface area contributed by atoms with E-state index >= 15 is 0 Å². The summed E-state index contributed by atoms with van der Waals surface area (Å²) in [5, 5.41) is 4.04. The van der Waals surface area contributed by atoms with Crippen LogP contribution in [0, 0.1) is 0 Å². The summed E-state index contributed by atoms with van der Waals surface area (Å²) < 4.78 is 5.11. The molecule has 0 aliphatic carbocycles. The monoisotopic (exact) mass is 244 g/mol. The molecular weight excluding hydrogens is 224 g/mol. The lowest BCUT2D eigenvalue weighted by Gasteiger charge is -2.07. The highest BCUT2D eigenvalue weighted by Crippen LogP contribution is 2.31. The van der Waals surface area contributed by atoms with Crippen molar-refractivity contribution in [1.29, 1.82) is 0 Å². The lowest BCUT2D eigenvalue weighted by molar-refractivity contribution is 0.427. The van der Waals surface area contributed by atoms with E-state index < -0.39 is 0 Å². The molecule has 1 aromatic heterocycles. The number of nitrogen functional groups attached to an aromatic ring is 1. The molecule has 1 aromatic carbocycles. The third-order valence-electron chi connectivity index (χ3n) is 3.14. The standard InChI is InChI=1S/C15H20N2O/c1-4-5-13-14(15(16)18-17-13)12-8-6-11(7-9-12)10(2)3/h6-10H,4-5,16H2,1-3H3. The molecule has 2 rings (SSSR count). The van der Waals surface area contributed by atoms with Crippen LogP contribution >= 0.6 is 0 Å². The number of aromatic nitrogens is 1. The highest BCUT2D eigenvalue weighted by atomic mass is 16.5. The molecule has 0 bridgehead atoms. The Morgan fingerprint density at radius 2 is 1.89 bits per heavy atom. The first-order valence-electron chi connectivity index (χ1n) is 6.47. The molecule has 0 aliphatic heterocycles. The fourth-order valence-electron chi connectivity index (χ4n) is 2.09. The largest absolute Gasteiger partial charge is 0.367 e. The predicted molar refractivity (Wildman–Crippen MR) is 74.4 cm³/mol. The van der Waals surface area contributed by atoms with Crippen molar-refractivity contribution in [3.8, 4) is 11.1 Å². The van der Waals surface area contributed by atoms with Crippen molar-refractivity contribution in [2.24, 2.45) is 0 Å². The highest BCUT2D eigenvalue weighted by Gasteiger charge is 2.14. The van der Waals surface area contributed by atoms with Gasteiger partial charge in [-0.2, -0.15) is 0 Å². The second-order valence-corrected chi connectivity index (χ2v) is 4.90.